The zero-order valence-corrected chi connectivity index (χ0v) is 19.3. The van der Waals surface area contributed by atoms with E-state index in [-0.39, 0.29) is 24.5 Å². The number of rotatable bonds is 6. The van der Waals surface area contributed by atoms with Gasteiger partial charge in [-0.1, -0.05) is 19.9 Å². The molecule has 2 N–H and O–H groups in total. The first-order valence-electron chi connectivity index (χ1n) is 11.3. The minimum absolute atomic E-state index is 0.0774. The number of halogens is 3. The number of alkyl halides is 3. The van der Waals surface area contributed by atoms with E-state index >= 15 is 0 Å². The maximum Gasteiger partial charge on any atom is 0.390 e. The Balaban J connectivity index is 1.65. The number of anilines is 1. The predicted octanol–water partition coefficient (Wildman–Crippen LogP) is 5.40. The van der Waals surface area contributed by atoms with Crippen LogP contribution in [0.4, 0.5) is 24.9 Å². The topological polar surface area (TPSA) is 75.1 Å². The molecule has 9 heteroatoms. The van der Waals surface area contributed by atoms with Crippen LogP contribution in [0.2, 0.25) is 0 Å². The lowest BCUT2D eigenvalue weighted by Crippen LogP contribution is -2.23. The second kappa shape index (κ2) is 9.21. The summed E-state index contributed by atoms with van der Waals surface area (Å²) in [4.78, 5) is 18.1. The molecule has 6 nitrogen and oxygen atoms in total. The first kappa shape index (κ1) is 23.4. The van der Waals surface area contributed by atoms with Crippen LogP contribution in [0.1, 0.15) is 68.8 Å². The van der Waals surface area contributed by atoms with Crippen LogP contribution in [0.3, 0.4) is 0 Å². The van der Waals surface area contributed by atoms with Gasteiger partial charge in [0, 0.05) is 59.8 Å². The fourth-order valence-corrected chi connectivity index (χ4v) is 4.30. The van der Waals surface area contributed by atoms with Crippen LogP contribution in [-0.4, -0.2) is 39.4 Å². The molecule has 0 fully saturated rings. The Morgan fingerprint density at radius 3 is 2.73 bits per heavy atom. The molecule has 2 aromatic rings. The predicted molar refractivity (Wildman–Crippen MR) is 124 cm³/mol. The van der Waals surface area contributed by atoms with Crippen LogP contribution in [-0.2, 0) is 6.54 Å². The van der Waals surface area contributed by atoms with E-state index in [1.807, 2.05) is 6.20 Å². The molecule has 2 atom stereocenters. The van der Waals surface area contributed by atoms with Gasteiger partial charge in [0.05, 0.1) is 12.1 Å². The molecule has 2 aliphatic heterocycles. The summed E-state index contributed by atoms with van der Waals surface area (Å²) < 4.78 is 37.4. The average molecular weight is 459 g/mol. The highest BCUT2D eigenvalue weighted by Gasteiger charge is 2.28. The van der Waals surface area contributed by atoms with Gasteiger partial charge in [-0.2, -0.15) is 13.2 Å². The number of nitrogens with zero attached hydrogens (tertiary/aromatic N) is 4. The van der Waals surface area contributed by atoms with E-state index in [1.165, 1.54) is 0 Å². The van der Waals surface area contributed by atoms with Crippen LogP contribution < -0.4 is 10.6 Å². The van der Waals surface area contributed by atoms with E-state index in [0.29, 0.717) is 12.5 Å². The number of fused-ring (bicyclic) bond motifs is 2. The van der Waals surface area contributed by atoms with Gasteiger partial charge in [0.2, 0.25) is 5.95 Å². The highest BCUT2D eigenvalue weighted by molar-refractivity contribution is 5.96. The molecular formula is C24H29F3N6. The van der Waals surface area contributed by atoms with E-state index in [0.717, 1.165) is 45.9 Å². The Labute approximate surface area is 191 Å². The third-order valence-electron chi connectivity index (χ3n) is 5.93. The van der Waals surface area contributed by atoms with Crippen molar-refractivity contribution in [2.75, 3.05) is 11.9 Å². The summed E-state index contributed by atoms with van der Waals surface area (Å²) in [5, 5.41) is 6.07. The van der Waals surface area contributed by atoms with E-state index < -0.39 is 12.6 Å². The van der Waals surface area contributed by atoms with Crippen molar-refractivity contribution in [3.8, 4) is 0 Å². The standard InChI is InChI=1S/C24H29F3N6/c1-13(2)7-17-15(4)32-22-19(17)9-16(10-30-22)18-8-14(3)29-12-21-20(18)11-31-23(33-21)28-6-5-24(25,26)27/h8-11,13-14,17,29H,5-7,12H2,1-4H3,(H,28,31,33)/t14-,17?/m1/s1. The fraction of sp³-hybridized carbons (Fsp3) is 0.500. The minimum atomic E-state index is -4.22. The monoisotopic (exact) mass is 458 g/mol. The van der Waals surface area contributed by atoms with Gasteiger partial charge >= 0.3 is 6.18 Å². The first-order valence-corrected chi connectivity index (χ1v) is 11.3. The largest absolute Gasteiger partial charge is 0.390 e. The normalized spacial score (nSPS) is 20.1. The van der Waals surface area contributed by atoms with Crippen LogP contribution in [0.25, 0.3) is 5.57 Å². The van der Waals surface area contributed by atoms with Crippen molar-refractivity contribution in [1.29, 1.82) is 0 Å². The molecule has 2 aromatic heterocycles. The molecule has 2 aliphatic rings. The quantitative estimate of drug-likeness (QED) is 0.607. The molecule has 176 valence electrons. The van der Waals surface area contributed by atoms with Crippen molar-refractivity contribution in [1.82, 2.24) is 20.3 Å². The lowest BCUT2D eigenvalue weighted by molar-refractivity contribution is -0.131. The minimum Gasteiger partial charge on any atom is -0.354 e. The number of aliphatic imine (C=N–C) groups is 1. The molecule has 0 saturated heterocycles. The molecule has 0 saturated carbocycles. The maximum absolute atomic E-state index is 12.5. The lowest BCUT2D eigenvalue weighted by atomic mass is 9.87. The number of hydrogen-bond acceptors (Lipinski definition) is 6. The van der Waals surface area contributed by atoms with Crippen LogP contribution in [0, 0.1) is 5.92 Å². The summed E-state index contributed by atoms with van der Waals surface area (Å²) >= 11 is 0. The van der Waals surface area contributed by atoms with Gasteiger partial charge in [-0.05, 0) is 37.8 Å². The van der Waals surface area contributed by atoms with Gasteiger partial charge in [0.25, 0.3) is 0 Å². The molecule has 4 rings (SSSR count). The van der Waals surface area contributed by atoms with Crippen molar-refractivity contribution in [2.45, 2.75) is 65.2 Å². The molecule has 4 heterocycles. The van der Waals surface area contributed by atoms with E-state index in [9.17, 15) is 13.2 Å². The van der Waals surface area contributed by atoms with Crippen molar-refractivity contribution >= 4 is 23.1 Å². The van der Waals surface area contributed by atoms with Crippen LogP contribution in [0.15, 0.2) is 29.5 Å². The Hall–Kier alpha value is -2.81. The number of aromatic nitrogens is 3. The summed E-state index contributed by atoms with van der Waals surface area (Å²) in [5.74, 6) is 1.77. The van der Waals surface area contributed by atoms with E-state index in [1.54, 1.807) is 6.20 Å². The summed E-state index contributed by atoms with van der Waals surface area (Å²) in [5.41, 5.74) is 5.75. The number of hydrogen-bond donors (Lipinski definition) is 2. The SMILES string of the molecule is CC1=Nc2ncc(C3=C[C@@H](C)NCc4nc(NCCC(F)(F)F)ncc43)cc2C1CC(C)C. The van der Waals surface area contributed by atoms with Crippen molar-refractivity contribution in [3.63, 3.8) is 0 Å². The number of nitrogens with one attached hydrogen (secondary N) is 2. The Morgan fingerprint density at radius 1 is 1.21 bits per heavy atom. The smallest absolute Gasteiger partial charge is 0.354 e. The van der Waals surface area contributed by atoms with Gasteiger partial charge in [-0.15, -0.1) is 0 Å². The van der Waals surface area contributed by atoms with E-state index in [2.05, 4.69) is 70.4 Å². The molecule has 0 bridgehead atoms. The Bertz CT molecular complexity index is 1090. The molecule has 0 radical (unpaired) electrons. The summed E-state index contributed by atoms with van der Waals surface area (Å²) in [7, 11) is 0. The van der Waals surface area contributed by atoms with Gasteiger partial charge < -0.3 is 10.6 Å². The third-order valence-corrected chi connectivity index (χ3v) is 5.93. The fourth-order valence-electron chi connectivity index (χ4n) is 4.30. The van der Waals surface area contributed by atoms with Gasteiger partial charge in [0.1, 0.15) is 0 Å². The number of pyridine rings is 1. The van der Waals surface area contributed by atoms with Crippen molar-refractivity contribution < 1.29 is 13.2 Å². The zero-order chi connectivity index (χ0) is 23.8. The van der Waals surface area contributed by atoms with Crippen LogP contribution >= 0.6 is 0 Å². The van der Waals surface area contributed by atoms with Crippen molar-refractivity contribution in [3.05, 3.63) is 46.9 Å². The van der Waals surface area contributed by atoms with Gasteiger partial charge in [0.15, 0.2) is 5.82 Å². The molecule has 0 aromatic carbocycles. The molecule has 0 spiro atoms. The average Bonchev–Trinajstić information content (AvgIpc) is 2.93. The Kier molecular flexibility index (Phi) is 6.52. The van der Waals surface area contributed by atoms with Crippen LogP contribution in [0.5, 0.6) is 0 Å². The summed E-state index contributed by atoms with van der Waals surface area (Å²) in [6.07, 6.45) is 1.49. The molecule has 0 aliphatic carbocycles. The van der Waals surface area contributed by atoms with Gasteiger partial charge in [-0.3, -0.25) is 0 Å². The Morgan fingerprint density at radius 2 is 2.00 bits per heavy atom. The molecular weight excluding hydrogens is 429 g/mol. The molecule has 0 amide bonds. The van der Waals surface area contributed by atoms with E-state index in [4.69, 9.17) is 0 Å². The summed E-state index contributed by atoms with van der Waals surface area (Å²) in [6, 6.07) is 2.24. The zero-order valence-electron chi connectivity index (χ0n) is 19.3. The summed E-state index contributed by atoms with van der Waals surface area (Å²) in [6.45, 7) is 8.75. The third kappa shape index (κ3) is 5.40. The second-order valence-electron chi connectivity index (χ2n) is 9.17. The first-order chi connectivity index (χ1) is 15.6. The van der Waals surface area contributed by atoms with Crippen molar-refractivity contribution in [2.24, 2.45) is 10.9 Å². The molecule has 1 unspecified atom stereocenters. The lowest BCUT2D eigenvalue weighted by Gasteiger charge is -2.17. The second-order valence-corrected chi connectivity index (χ2v) is 9.17. The van der Waals surface area contributed by atoms with Gasteiger partial charge in [-0.25, -0.2) is 19.9 Å². The highest BCUT2D eigenvalue weighted by Crippen LogP contribution is 2.40. The molecule has 33 heavy (non-hydrogen) atoms. The maximum atomic E-state index is 12.5. The highest BCUT2D eigenvalue weighted by atomic mass is 19.4.